The Hall–Kier alpha value is -0.980. The van der Waals surface area contributed by atoms with Gasteiger partial charge in [-0.3, -0.25) is 4.79 Å². The first-order valence-electron chi connectivity index (χ1n) is 6.84. The van der Waals surface area contributed by atoms with Crippen LogP contribution in [0.15, 0.2) is 23.1 Å². The smallest absolute Gasteiger partial charge is 0.243 e. The number of piperidine rings is 1. The monoisotopic (exact) mass is 331 g/mol. The van der Waals surface area contributed by atoms with Crippen molar-refractivity contribution < 1.29 is 17.6 Å². The maximum absolute atomic E-state index is 13.5. The van der Waals surface area contributed by atoms with Gasteiger partial charge in [-0.2, -0.15) is 4.31 Å². The molecule has 21 heavy (non-hydrogen) atoms. The van der Waals surface area contributed by atoms with Crippen molar-refractivity contribution in [3.63, 3.8) is 0 Å². The molecule has 0 radical (unpaired) electrons. The van der Waals surface area contributed by atoms with Crippen LogP contribution < -0.4 is 0 Å². The number of sulfonamides is 1. The topological polar surface area (TPSA) is 54.5 Å². The van der Waals surface area contributed by atoms with Gasteiger partial charge < -0.3 is 0 Å². The van der Waals surface area contributed by atoms with E-state index in [0.717, 1.165) is 18.6 Å². The summed E-state index contributed by atoms with van der Waals surface area (Å²) in [5, 5.41) is 0.0457. The molecule has 0 N–H and O–H groups in total. The van der Waals surface area contributed by atoms with Gasteiger partial charge in [0.25, 0.3) is 0 Å². The molecular weight excluding hydrogens is 317 g/mol. The van der Waals surface area contributed by atoms with Gasteiger partial charge in [0.05, 0.1) is 4.90 Å². The van der Waals surface area contributed by atoms with E-state index in [0.29, 0.717) is 12.8 Å². The highest BCUT2D eigenvalue weighted by Gasteiger charge is 2.51. The minimum absolute atomic E-state index is 0.0457. The third-order valence-corrected chi connectivity index (χ3v) is 6.56. The van der Waals surface area contributed by atoms with Crippen LogP contribution in [0, 0.1) is 5.82 Å². The average molecular weight is 332 g/mol. The van der Waals surface area contributed by atoms with E-state index < -0.39 is 21.4 Å². The molecule has 0 bridgehead atoms. The first-order chi connectivity index (χ1) is 9.83. The third-order valence-electron chi connectivity index (χ3n) is 4.36. The second-order valence-electron chi connectivity index (χ2n) is 5.73. The van der Waals surface area contributed by atoms with Gasteiger partial charge in [-0.1, -0.05) is 11.6 Å². The number of halogens is 2. The predicted octanol–water partition coefficient (Wildman–Crippen LogP) is 2.76. The van der Waals surface area contributed by atoms with Gasteiger partial charge in [0.1, 0.15) is 11.6 Å². The van der Waals surface area contributed by atoms with Crippen LogP contribution in [-0.4, -0.2) is 30.6 Å². The van der Waals surface area contributed by atoms with Crippen molar-refractivity contribution in [3.05, 3.63) is 29.0 Å². The fraction of sp³-hybridized carbons (Fsp3) is 0.500. The van der Waals surface area contributed by atoms with E-state index in [4.69, 9.17) is 11.6 Å². The lowest BCUT2D eigenvalue weighted by atomic mass is 9.71. The molecule has 2 fully saturated rings. The molecule has 1 aromatic rings. The SMILES string of the molecule is O=C1CCN(S(=O)(=O)c2cc(F)cc(Cl)c2)C2(CCC2)C1. The van der Waals surface area contributed by atoms with E-state index in [1.54, 1.807) is 0 Å². The number of benzene rings is 1. The van der Waals surface area contributed by atoms with Crippen LogP contribution in [-0.2, 0) is 14.8 Å². The lowest BCUT2D eigenvalue weighted by Crippen LogP contribution is -2.60. The summed E-state index contributed by atoms with van der Waals surface area (Å²) >= 11 is 5.76. The molecule has 1 aromatic carbocycles. The largest absolute Gasteiger partial charge is 0.300 e. The van der Waals surface area contributed by atoms with Gasteiger partial charge in [-0.15, -0.1) is 0 Å². The molecule has 114 valence electrons. The van der Waals surface area contributed by atoms with Gasteiger partial charge in [0.2, 0.25) is 10.0 Å². The van der Waals surface area contributed by atoms with Crippen molar-refractivity contribution in [2.45, 2.75) is 42.5 Å². The lowest BCUT2D eigenvalue weighted by molar-refractivity contribution is -0.126. The third kappa shape index (κ3) is 2.49. The summed E-state index contributed by atoms with van der Waals surface area (Å²) in [5.74, 6) is -0.588. The zero-order valence-electron chi connectivity index (χ0n) is 11.3. The normalized spacial score (nSPS) is 22.3. The van der Waals surface area contributed by atoms with Crippen molar-refractivity contribution in [2.24, 2.45) is 0 Å². The van der Waals surface area contributed by atoms with Gasteiger partial charge in [0, 0.05) is 29.9 Å². The lowest BCUT2D eigenvalue weighted by Gasteiger charge is -2.51. The molecular formula is C14H15ClFNO3S. The van der Waals surface area contributed by atoms with Gasteiger partial charge in [-0.05, 0) is 37.5 Å². The Bertz CT molecular complexity index is 680. The molecule has 7 heteroatoms. The van der Waals surface area contributed by atoms with Crippen LogP contribution in [0.1, 0.15) is 32.1 Å². The minimum Gasteiger partial charge on any atom is -0.300 e. The molecule has 1 aliphatic carbocycles. The molecule has 1 spiro atoms. The maximum atomic E-state index is 13.5. The summed E-state index contributed by atoms with van der Waals surface area (Å²) in [7, 11) is -3.84. The zero-order chi connectivity index (χ0) is 15.3. The first kappa shape index (κ1) is 14.9. The number of ketones is 1. The first-order valence-corrected chi connectivity index (χ1v) is 8.66. The van der Waals surface area contributed by atoms with Crippen molar-refractivity contribution in [2.75, 3.05) is 6.54 Å². The number of rotatable bonds is 2. The summed E-state index contributed by atoms with van der Waals surface area (Å²) < 4.78 is 40.4. The van der Waals surface area contributed by atoms with Crippen LogP contribution in [0.5, 0.6) is 0 Å². The van der Waals surface area contributed by atoms with E-state index in [9.17, 15) is 17.6 Å². The Labute approximate surface area is 127 Å². The number of carbonyl (C=O) groups is 1. The molecule has 1 saturated heterocycles. The Morgan fingerprint density at radius 2 is 1.95 bits per heavy atom. The molecule has 0 amide bonds. The highest BCUT2D eigenvalue weighted by molar-refractivity contribution is 7.89. The fourth-order valence-corrected chi connectivity index (χ4v) is 5.36. The van der Waals surface area contributed by atoms with Gasteiger partial charge in [-0.25, -0.2) is 12.8 Å². The average Bonchev–Trinajstić information content (AvgIpc) is 2.35. The van der Waals surface area contributed by atoms with Crippen molar-refractivity contribution >= 4 is 27.4 Å². The molecule has 4 nitrogen and oxygen atoms in total. The molecule has 0 atom stereocenters. The standard InChI is InChI=1S/C14H15ClFNO3S/c15-10-6-11(16)8-13(7-10)21(19,20)17-5-2-12(18)9-14(17)3-1-4-14/h6-8H,1-5,9H2. The molecule has 0 unspecified atom stereocenters. The second-order valence-corrected chi connectivity index (χ2v) is 8.02. The highest BCUT2D eigenvalue weighted by atomic mass is 35.5. The highest BCUT2D eigenvalue weighted by Crippen LogP contribution is 2.46. The summed E-state index contributed by atoms with van der Waals surface area (Å²) in [6.45, 7) is 0.162. The number of nitrogens with zero attached hydrogens (tertiary/aromatic N) is 1. The second kappa shape index (κ2) is 5.04. The Kier molecular flexibility index (Phi) is 3.58. The molecule has 1 heterocycles. The zero-order valence-corrected chi connectivity index (χ0v) is 12.9. The molecule has 0 aromatic heterocycles. The summed E-state index contributed by atoms with van der Waals surface area (Å²) in [5.41, 5.74) is -0.604. The molecule has 1 aliphatic heterocycles. The maximum Gasteiger partial charge on any atom is 0.243 e. The van der Waals surface area contributed by atoms with E-state index in [2.05, 4.69) is 0 Å². The molecule has 1 saturated carbocycles. The number of carbonyl (C=O) groups excluding carboxylic acids is 1. The molecule has 2 aliphatic rings. The van der Waals surface area contributed by atoms with Crippen LogP contribution in [0.25, 0.3) is 0 Å². The Balaban J connectivity index is 2.02. The van der Waals surface area contributed by atoms with Gasteiger partial charge in [0.15, 0.2) is 0 Å². The molecule has 3 rings (SSSR count). The van der Waals surface area contributed by atoms with Crippen molar-refractivity contribution in [3.8, 4) is 0 Å². The predicted molar refractivity (Wildman–Crippen MR) is 76.1 cm³/mol. The van der Waals surface area contributed by atoms with Gasteiger partial charge >= 0.3 is 0 Å². The Morgan fingerprint density at radius 1 is 1.24 bits per heavy atom. The van der Waals surface area contributed by atoms with Crippen LogP contribution in [0.3, 0.4) is 0 Å². The van der Waals surface area contributed by atoms with E-state index in [1.807, 2.05) is 0 Å². The van der Waals surface area contributed by atoms with Crippen LogP contribution in [0.4, 0.5) is 4.39 Å². The number of hydrogen-bond acceptors (Lipinski definition) is 3. The minimum atomic E-state index is -3.84. The van der Waals surface area contributed by atoms with E-state index in [-0.39, 0.29) is 35.1 Å². The van der Waals surface area contributed by atoms with Crippen LogP contribution >= 0.6 is 11.6 Å². The summed E-state index contributed by atoms with van der Waals surface area (Å²) in [4.78, 5) is 11.5. The quantitative estimate of drug-likeness (QED) is 0.837. The fourth-order valence-electron chi connectivity index (χ4n) is 3.20. The summed E-state index contributed by atoms with van der Waals surface area (Å²) in [6.07, 6.45) is 2.74. The summed E-state index contributed by atoms with van der Waals surface area (Å²) in [6, 6.07) is 3.30. The van der Waals surface area contributed by atoms with Crippen molar-refractivity contribution in [1.29, 1.82) is 0 Å². The van der Waals surface area contributed by atoms with Crippen molar-refractivity contribution in [1.82, 2.24) is 4.31 Å². The van der Waals surface area contributed by atoms with Crippen LogP contribution in [0.2, 0.25) is 5.02 Å². The van der Waals surface area contributed by atoms with E-state index >= 15 is 0 Å². The number of hydrogen-bond donors (Lipinski definition) is 0. The number of Topliss-reactive ketones (excluding diaryl/α,β-unsaturated/α-hetero) is 1. The Morgan fingerprint density at radius 3 is 2.52 bits per heavy atom. The van der Waals surface area contributed by atoms with E-state index in [1.165, 1.54) is 10.4 Å².